The number of carbonyl (C=O) groups excluding carboxylic acids is 1. The molecule has 0 radical (unpaired) electrons. The zero-order valence-electron chi connectivity index (χ0n) is 14.0. The van der Waals surface area contributed by atoms with Gasteiger partial charge in [0.2, 0.25) is 5.91 Å². The van der Waals surface area contributed by atoms with E-state index >= 15 is 0 Å². The summed E-state index contributed by atoms with van der Waals surface area (Å²) in [4.78, 5) is 21.5. The van der Waals surface area contributed by atoms with E-state index in [1.54, 1.807) is 24.7 Å². The summed E-state index contributed by atoms with van der Waals surface area (Å²) in [5, 5.41) is 11.6. The van der Waals surface area contributed by atoms with E-state index in [0.29, 0.717) is 18.0 Å². The summed E-state index contributed by atoms with van der Waals surface area (Å²) in [7, 11) is 0. The quantitative estimate of drug-likeness (QED) is 0.892. The molecule has 128 valence electrons. The Morgan fingerprint density at radius 1 is 1.44 bits per heavy atom. The fraction of sp³-hybridized carbons (Fsp3) is 0.333. The van der Waals surface area contributed by atoms with Crippen LogP contribution in [-0.2, 0) is 11.3 Å². The molecular formula is C18H19N5O2. The van der Waals surface area contributed by atoms with Gasteiger partial charge in [-0.15, -0.1) is 0 Å². The van der Waals surface area contributed by atoms with E-state index in [1.807, 2.05) is 18.2 Å². The highest BCUT2D eigenvalue weighted by molar-refractivity contribution is 5.72. The van der Waals surface area contributed by atoms with Crippen molar-refractivity contribution < 1.29 is 9.53 Å². The van der Waals surface area contributed by atoms with Crippen molar-refractivity contribution in [1.82, 2.24) is 15.3 Å². The summed E-state index contributed by atoms with van der Waals surface area (Å²) >= 11 is 0. The Kier molecular flexibility index (Phi) is 5.09. The molecule has 1 aliphatic heterocycles. The Bertz CT molecular complexity index is 785. The molecule has 0 unspecified atom stereocenters. The van der Waals surface area contributed by atoms with Gasteiger partial charge >= 0.3 is 0 Å². The third-order valence-electron chi connectivity index (χ3n) is 4.06. The lowest BCUT2D eigenvalue weighted by atomic mass is 10.2. The van der Waals surface area contributed by atoms with Crippen LogP contribution >= 0.6 is 0 Å². The normalized spacial score (nSPS) is 16.3. The minimum atomic E-state index is -0.0804. The number of nitriles is 1. The van der Waals surface area contributed by atoms with Crippen molar-refractivity contribution in [1.29, 1.82) is 5.26 Å². The number of hydrogen-bond donors (Lipinski definition) is 1. The number of pyridine rings is 2. The molecule has 3 rings (SSSR count). The average Bonchev–Trinajstić information content (AvgIpc) is 3.09. The van der Waals surface area contributed by atoms with Crippen molar-refractivity contribution in [3.63, 3.8) is 0 Å². The van der Waals surface area contributed by atoms with Crippen molar-refractivity contribution >= 4 is 11.6 Å². The number of anilines is 1. The lowest BCUT2D eigenvalue weighted by molar-refractivity contribution is -0.119. The van der Waals surface area contributed by atoms with Gasteiger partial charge in [-0.05, 0) is 18.2 Å². The Balaban J connectivity index is 1.63. The zero-order chi connectivity index (χ0) is 17.6. The van der Waals surface area contributed by atoms with Crippen LogP contribution in [-0.4, -0.2) is 35.1 Å². The second-order valence-corrected chi connectivity index (χ2v) is 5.88. The molecule has 0 aromatic carbocycles. The maximum Gasteiger partial charge on any atom is 0.217 e. The molecule has 1 atom stereocenters. The Labute approximate surface area is 146 Å². The predicted octanol–water partition coefficient (Wildman–Crippen LogP) is 1.64. The van der Waals surface area contributed by atoms with Gasteiger partial charge in [-0.2, -0.15) is 5.26 Å². The van der Waals surface area contributed by atoms with E-state index < -0.39 is 0 Å². The summed E-state index contributed by atoms with van der Waals surface area (Å²) in [5.41, 5.74) is 2.30. The van der Waals surface area contributed by atoms with E-state index in [-0.39, 0.29) is 12.0 Å². The molecular weight excluding hydrogens is 318 g/mol. The Morgan fingerprint density at radius 2 is 2.32 bits per heavy atom. The van der Waals surface area contributed by atoms with Gasteiger partial charge in [-0.3, -0.25) is 9.78 Å². The monoisotopic (exact) mass is 337 g/mol. The van der Waals surface area contributed by atoms with Gasteiger partial charge in [-0.1, -0.05) is 0 Å². The molecule has 3 heterocycles. The second kappa shape index (κ2) is 7.62. The number of nitrogens with one attached hydrogen (secondary N) is 1. The van der Waals surface area contributed by atoms with Gasteiger partial charge in [-0.25, -0.2) is 4.98 Å². The van der Waals surface area contributed by atoms with Crippen LogP contribution in [0.3, 0.4) is 0 Å². The maximum atomic E-state index is 11.1. The molecule has 7 heteroatoms. The first-order valence-electron chi connectivity index (χ1n) is 8.11. The maximum absolute atomic E-state index is 11.1. The number of aromatic nitrogens is 2. The zero-order valence-corrected chi connectivity index (χ0v) is 14.0. The van der Waals surface area contributed by atoms with Crippen molar-refractivity contribution in [3.05, 3.63) is 48.0 Å². The molecule has 2 aromatic rings. The van der Waals surface area contributed by atoms with Gasteiger partial charge < -0.3 is 15.0 Å². The molecule has 1 N–H and O–H groups in total. The van der Waals surface area contributed by atoms with E-state index in [9.17, 15) is 4.79 Å². The molecule has 1 saturated heterocycles. The van der Waals surface area contributed by atoms with Crippen molar-refractivity contribution in [2.24, 2.45) is 0 Å². The predicted molar refractivity (Wildman–Crippen MR) is 92.0 cm³/mol. The number of hydrogen-bond acceptors (Lipinski definition) is 6. The molecule has 0 saturated carbocycles. The third kappa shape index (κ3) is 4.23. The summed E-state index contributed by atoms with van der Waals surface area (Å²) < 4.78 is 6.11. The Hall–Kier alpha value is -3.14. The standard InChI is InChI=1S/C18H19N5O2/c1-13(24)21-9-14-4-6-20-11-18(14)25-17-5-7-23(12-17)16-3-2-15(8-19)22-10-16/h2-4,6,10-11,17H,5,7,9,12H2,1H3,(H,21,24)/t17-/m0/s1. The van der Waals surface area contributed by atoms with Crippen LogP contribution in [0.15, 0.2) is 36.8 Å². The number of ether oxygens (including phenoxy) is 1. The van der Waals surface area contributed by atoms with E-state index in [1.165, 1.54) is 6.92 Å². The van der Waals surface area contributed by atoms with Gasteiger partial charge in [0.1, 0.15) is 23.6 Å². The highest BCUT2D eigenvalue weighted by Crippen LogP contribution is 2.25. The topological polar surface area (TPSA) is 91.1 Å². The minimum Gasteiger partial charge on any atom is -0.487 e. The summed E-state index contributed by atoms with van der Waals surface area (Å²) in [5.74, 6) is 0.615. The third-order valence-corrected chi connectivity index (χ3v) is 4.06. The minimum absolute atomic E-state index is 0.0379. The lowest BCUT2D eigenvalue weighted by Crippen LogP contribution is -2.25. The molecule has 7 nitrogen and oxygen atoms in total. The molecule has 0 aliphatic carbocycles. The molecule has 0 bridgehead atoms. The molecule has 0 spiro atoms. The molecule has 1 aliphatic rings. The summed E-state index contributed by atoms with van der Waals surface area (Å²) in [6.07, 6.45) is 6.01. The van der Waals surface area contributed by atoms with Crippen LogP contribution in [0.1, 0.15) is 24.6 Å². The van der Waals surface area contributed by atoms with Crippen LogP contribution in [0.25, 0.3) is 0 Å². The summed E-state index contributed by atoms with van der Waals surface area (Å²) in [6.45, 7) is 3.51. The largest absolute Gasteiger partial charge is 0.487 e. The molecule has 1 fully saturated rings. The van der Waals surface area contributed by atoms with E-state index in [0.717, 1.165) is 30.8 Å². The highest BCUT2D eigenvalue weighted by Gasteiger charge is 2.25. The fourth-order valence-corrected chi connectivity index (χ4v) is 2.76. The van der Waals surface area contributed by atoms with Crippen LogP contribution in [0.2, 0.25) is 0 Å². The fourth-order valence-electron chi connectivity index (χ4n) is 2.76. The van der Waals surface area contributed by atoms with Gasteiger partial charge in [0.15, 0.2) is 0 Å². The SMILES string of the molecule is CC(=O)NCc1ccncc1O[C@H]1CCN(c2ccc(C#N)nc2)C1. The smallest absolute Gasteiger partial charge is 0.217 e. The average molecular weight is 337 g/mol. The number of rotatable bonds is 5. The molecule has 25 heavy (non-hydrogen) atoms. The first-order chi connectivity index (χ1) is 12.2. The van der Waals surface area contributed by atoms with Crippen LogP contribution in [0.5, 0.6) is 5.75 Å². The number of nitrogens with zero attached hydrogens (tertiary/aromatic N) is 4. The van der Waals surface area contributed by atoms with Crippen molar-refractivity contribution in [3.8, 4) is 11.8 Å². The van der Waals surface area contributed by atoms with Crippen molar-refractivity contribution in [2.75, 3.05) is 18.0 Å². The van der Waals surface area contributed by atoms with Crippen LogP contribution in [0.4, 0.5) is 5.69 Å². The Morgan fingerprint density at radius 3 is 3.04 bits per heavy atom. The lowest BCUT2D eigenvalue weighted by Gasteiger charge is -2.19. The van der Waals surface area contributed by atoms with Gasteiger partial charge in [0.05, 0.1) is 24.6 Å². The van der Waals surface area contributed by atoms with Crippen LogP contribution in [0, 0.1) is 11.3 Å². The van der Waals surface area contributed by atoms with E-state index in [2.05, 4.69) is 20.2 Å². The van der Waals surface area contributed by atoms with Gasteiger partial charge in [0.25, 0.3) is 0 Å². The highest BCUT2D eigenvalue weighted by atomic mass is 16.5. The van der Waals surface area contributed by atoms with Crippen molar-refractivity contribution in [2.45, 2.75) is 26.0 Å². The molecule has 1 amide bonds. The van der Waals surface area contributed by atoms with E-state index in [4.69, 9.17) is 10.00 Å². The summed E-state index contributed by atoms with van der Waals surface area (Å²) in [6, 6.07) is 7.49. The second-order valence-electron chi connectivity index (χ2n) is 5.88. The van der Waals surface area contributed by atoms with Gasteiger partial charge in [0, 0.05) is 38.2 Å². The first-order valence-corrected chi connectivity index (χ1v) is 8.11. The molecule has 2 aromatic heterocycles. The first kappa shape index (κ1) is 16.7. The number of amides is 1. The number of carbonyl (C=O) groups is 1. The van der Waals surface area contributed by atoms with Crippen LogP contribution < -0.4 is 15.0 Å².